The summed E-state index contributed by atoms with van der Waals surface area (Å²) in [6.45, 7) is 7.57. The van der Waals surface area contributed by atoms with Crippen LogP contribution in [-0.4, -0.2) is 51.8 Å². The van der Waals surface area contributed by atoms with Gasteiger partial charge in [0.15, 0.2) is 0 Å². The largest absolute Gasteiger partial charge is 0.331 e. The summed E-state index contributed by atoms with van der Waals surface area (Å²) in [5, 5.41) is 11.6. The highest BCUT2D eigenvalue weighted by Gasteiger charge is 2.25. The minimum Gasteiger partial charge on any atom is -0.331 e. The van der Waals surface area contributed by atoms with E-state index in [1.807, 2.05) is 25.1 Å². The van der Waals surface area contributed by atoms with E-state index >= 15 is 0 Å². The number of rotatable bonds is 4. The van der Waals surface area contributed by atoms with Crippen molar-refractivity contribution >= 4 is 17.4 Å². The molecule has 1 N–H and O–H groups in total. The molecule has 0 saturated carbocycles. The van der Waals surface area contributed by atoms with Crippen molar-refractivity contribution in [2.75, 3.05) is 26.2 Å². The topological polar surface area (TPSA) is 53.4 Å². The highest BCUT2D eigenvalue weighted by Crippen LogP contribution is 2.23. The first-order chi connectivity index (χ1) is 11.5. The van der Waals surface area contributed by atoms with Crippen molar-refractivity contribution in [3.05, 3.63) is 40.3 Å². The van der Waals surface area contributed by atoms with Crippen LogP contribution >= 0.6 is 11.3 Å². The number of carbonyl (C=O) groups is 1. The number of amides is 2. The summed E-state index contributed by atoms with van der Waals surface area (Å²) in [6, 6.07) is 2.57. The van der Waals surface area contributed by atoms with Crippen LogP contribution in [0.2, 0.25) is 0 Å². The Bertz CT molecular complexity index is 660. The molecule has 2 aromatic heterocycles. The lowest BCUT2D eigenvalue weighted by atomic mass is 10.1. The summed E-state index contributed by atoms with van der Waals surface area (Å²) < 4.78 is 1.75. The van der Waals surface area contributed by atoms with E-state index in [1.165, 1.54) is 5.56 Å². The second-order valence-corrected chi connectivity index (χ2v) is 7.15. The van der Waals surface area contributed by atoms with Gasteiger partial charge in [-0.25, -0.2) is 4.79 Å². The molecule has 0 radical (unpaired) electrons. The molecule has 7 heteroatoms. The molecule has 0 aromatic carbocycles. The van der Waals surface area contributed by atoms with Crippen LogP contribution < -0.4 is 5.32 Å². The fraction of sp³-hybridized carbons (Fsp3) is 0.529. The molecule has 1 fully saturated rings. The van der Waals surface area contributed by atoms with Crippen LogP contribution in [-0.2, 0) is 7.05 Å². The molecule has 3 heterocycles. The van der Waals surface area contributed by atoms with Crippen LogP contribution in [0.25, 0.3) is 0 Å². The standard InChI is InChI=1S/C17H25N5OS/c1-13(16-10-18-20(3)11-16)19-17(23)22-7-5-21(6-8-22)14(2)15-4-9-24-12-15/h4,9-14H,5-8H2,1-3H3,(H,19,23)/t13-,14-/m0/s1. The number of nitrogens with zero attached hydrogens (tertiary/aromatic N) is 4. The Morgan fingerprint density at radius 3 is 2.58 bits per heavy atom. The number of aryl methyl sites for hydroxylation is 1. The van der Waals surface area contributed by atoms with E-state index in [-0.39, 0.29) is 12.1 Å². The van der Waals surface area contributed by atoms with Gasteiger partial charge < -0.3 is 10.2 Å². The number of thiophene rings is 1. The van der Waals surface area contributed by atoms with E-state index in [0.29, 0.717) is 6.04 Å². The molecular weight excluding hydrogens is 322 g/mol. The fourth-order valence-corrected chi connectivity index (χ4v) is 3.81. The van der Waals surface area contributed by atoms with Crippen LogP contribution in [0.3, 0.4) is 0 Å². The quantitative estimate of drug-likeness (QED) is 0.925. The fourth-order valence-electron chi connectivity index (χ4n) is 3.06. The van der Waals surface area contributed by atoms with Crippen LogP contribution in [0.4, 0.5) is 4.79 Å². The maximum Gasteiger partial charge on any atom is 0.317 e. The molecular formula is C17H25N5OS. The predicted molar refractivity (Wildman–Crippen MR) is 96.0 cm³/mol. The zero-order valence-electron chi connectivity index (χ0n) is 14.5. The Morgan fingerprint density at radius 1 is 1.25 bits per heavy atom. The number of hydrogen-bond donors (Lipinski definition) is 1. The van der Waals surface area contributed by atoms with E-state index < -0.39 is 0 Å². The summed E-state index contributed by atoms with van der Waals surface area (Å²) >= 11 is 1.74. The monoisotopic (exact) mass is 347 g/mol. The van der Waals surface area contributed by atoms with E-state index in [4.69, 9.17) is 0 Å². The Labute approximate surface area is 147 Å². The molecule has 1 aliphatic rings. The van der Waals surface area contributed by atoms with Crippen molar-refractivity contribution in [2.24, 2.45) is 7.05 Å². The lowest BCUT2D eigenvalue weighted by Gasteiger charge is -2.38. The minimum absolute atomic E-state index is 0.00851. The highest BCUT2D eigenvalue weighted by molar-refractivity contribution is 7.07. The van der Waals surface area contributed by atoms with E-state index in [1.54, 1.807) is 22.2 Å². The van der Waals surface area contributed by atoms with E-state index in [9.17, 15) is 4.79 Å². The van der Waals surface area contributed by atoms with Gasteiger partial charge in [0.2, 0.25) is 0 Å². The molecule has 2 atom stereocenters. The first-order valence-corrected chi connectivity index (χ1v) is 9.29. The van der Waals surface area contributed by atoms with Gasteiger partial charge in [0.1, 0.15) is 0 Å². The first kappa shape index (κ1) is 17.0. The number of nitrogens with one attached hydrogen (secondary N) is 1. The van der Waals surface area contributed by atoms with Gasteiger partial charge in [0.25, 0.3) is 0 Å². The van der Waals surface area contributed by atoms with Crippen LogP contribution in [0, 0.1) is 0 Å². The molecule has 1 aliphatic heterocycles. The lowest BCUT2D eigenvalue weighted by molar-refractivity contribution is 0.113. The number of hydrogen-bond acceptors (Lipinski definition) is 4. The third kappa shape index (κ3) is 3.79. The van der Waals surface area contributed by atoms with Gasteiger partial charge in [-0.15, -0.1) is 0 Å². The molecule has 2 aromatic rings. The molecule has 2 amide bonds. The Balaban J connectivity index is 1.50. The average molecular weight is 347 g/mol. The van der Waals surface area contributed by atoms with Gasteiger partial charge in [0, 0.05) is 51.0 Å². The number of urea groups is 1. The zero-order valence-corrected chi connectivity index (χ0v) is 15.3. The van der Waals surface area contributed by atoms with Gasteiger partial charge in [0.05, 0.1) is 12.2 Å². The number of piperazine rings is 1. The second kappa shape index (κ2) is 7.36. The molecule has 3 rings (SSSR count). The normalized spacial score (nSPS) is 18.4. The molecule has 130 valence electrons. The maximum atomic E-state index is 12.5. The Hall–Kier alpha value is -1.86. The van der Waals surface area contributed by atoms with Gasteiger partial charge in [-0.2, -0.15) is 16.4 Å². The second-order valence-electron chi connectivity index (χ2n) is 6.37. The molecule has 0 bridgehead atoms. The van der Waals surface area contributed by atoms with Crippen LogP contribution in [0.15, 0.2) is 29.2 Å². The van der Waals surface area contributed by atoms with Crippen molar-refractivity contribution in [2.45, 2.75) is 25.9 Å². The number of carbonyl (C=O) groups excluding carboxylic acids is 1. The first-order valence-electron chi connectivity index (χ1n) is 8.34. The van der Waals surface area contributed by atoms with Gasteiger partial charge in [-0.1, -0.05) is 0 Å². The third-order valence-corrected chi connectivity index (χ3v) is 5.44. The molecule has 0 aliphatic carbocycles. The van der Waals surface area contributed by atoms with Crippen molar-refractivity contribution in [1.29, 1.82) is 0 Å². The average Bonchev–Trinajstić information content (AvgIpc) is 3.26. The van der Waals surface area contributed by atoms with Gasteiger partial charge >= 0.3 is 6.03 Å². The predicted octanol–water partition coefficient (Wildman–Crippen LogP) is 2.63. The SMILES string of the molecule is C[C@H](NC(=O)N1CCN([C@@H](C)c2ccsc2)CC1)c1cnn(C)c1. The van der Waals surface area contributed by atoms with Crippen molar-refractivity contribution < 1.29 is 4.79 Å². The maximum absolute atomic E-state index is 12.5. The highest BCUT2D eigenvalue weighted by atomic mass is 32.1. The summed E-state index contributed by atoms with van der Waals surface area (Å²) in [4.78, 5) is 16.8. The summed E-state index contributed by atoms with van der Waals surface area (Å²) in [5.41, 5.74) is 2.39. The van der Waals surface area contributed by atoms with Crippen molar-refractivity contribution in [3.63, 3.8) is 0 Å². The van der Waals surface area contributed by atoms with Crippen molar-refractivity contribution in [3.8, 4) is 0 Å². The summed E-state index contributed by atoms with van der Waals surface area (Å²) in [5.74, 6) is 0. The van der Waals surface area contributed by atoms with E-state index in [2.05, 4.69) is 39.1 Å². The van der Waals surface area contributed by atoms with Gasteiger partial charge in [-0.05, 0) is 36.2 Å². The van der Waals surface area contributed by atoms with E-state index in [0.717, 1.165) is 31.7 Å². The zero-order chi connectivity index (χ0) is 17.1. The Kier molecular flexibility index (Phi) is 5.20. The summed E-state index contributed by atoms with van der Waals surface area (Å²) in [7, 11) is 1.88. The molecule has 0 spiro atoms. The van der Waals surface area contributed by atoms with Crippen LogP contribution in [0.1, 0.15) is 37.1 Å². The Morgan fingerprint density at radius 2 is 2.00 bits per heavy atom. The summed E-state index contributed by atoms with van der Waals surface area (Å²) in [6.07, 6.45) is 3.73. The molecule has 0 unspecified atom stereocenters. The molecule has 1 saturated heterocycles. The molecule has 24 heavy (non-hydrogen) atoms. The number of aromatic nitrogens is 2. The van der Waals surface area contributed by atoms with Crippen LogP contribution in [0.5, 0.6) is 0 Å². The van der Waals surface area contributed by atoms with Gasteiger partial charge in [-0.3, -0.25) is 9.58 Å². The lowest BCUT2D eigenvalue weighted by Crippen LogP contribution is -2.52. The molecule has 6 nitrogen and oxygen atoms in total. The van der Waals surface area contributed by atoms with Crippen molar-refractivity contribution in [1.82, 2.24) is 24.9 Å². The smallest absolute Gasteiger partial charge is 0.317 e. The minimum atomic E-state index is -0.0334. The third-order valence-electron chi connectivity index (χ3n) is 4.74.